The lowest BCUT2D eigenvalue weighted by molar-refractivity contribution is -0.126. The fourth-order valence-electron chi connectivity index (χ4n) is 2.27. The van der Waals surface area contributed by atoms with Crippen molar-refractivity contribution < 1.29 is 14.7 Å². The summed E-state index contributed by atoms with van der Waals surface area (Å²) >= 11 is 0. The van der Waals surface area contributed by atoms with Gasteiger partial charge in [0, 0.05) is 6.04 Å². The molecule has 2 amide bonds. The molecule has 2 unspecified atom stereocenters. The molecule has 0 saturated carbocycles. The molecule has 0 aromatic heterocycles. The lowest BCUT2D eigenvalue weighted by atomic mass is 10.1. The third-order valence-electron chi connectivity index (χ3n) is 2.98. The number of imide groups is 1. The number of carbonyl (C=O) groups excluding carboxylic acids is 2. The van der Waals surface area contributed by atoms with E-state index in [1.165, 1.54) is 0 Å². The second kappa shape index (κ2) is 3.67. The Labute approximate surface area is 82.1 Å². The minimum atomic E-state index is -0.345. The number of rotatable bonds is 2. The molecule has 2 fully saturated rings. The number of aliphatic hydroxyl groups excluding tert-OH is 1. The van der Waals surface area contributed by atoms with Gasteiger partial charge in [0.1, 0.15) is 0 Å². The molecule has 2 aliphatic heterocycles. The quantitative estimate of drug-likeness (QED) is 0.550. The molecule has 0 spiro atoms. The van der Waals surface area contributed by atoms with Crippen molar-refractivity contribution in [1.82, 2.24) is 10.2 Å². The number of hydrogen-bond donors (Lipinski definition) is 2. The van der Waals surface area contributed by atoms with Gasteiger partial charge in [0.15, 0.2) is 0 Å². The number of aliphatic hydroxyl groups is 1. The van der Waals surface area contributed by atoms with Gasteiger partial charge in [-0.25, -0.2) is 0 Å². The van der Waals surface area contributed by atoms with Crippen LogP contribution in [0.4, 0.5) is 0 Å². The van der Waals surface area contributed by atoms with Crippen molar-refractivity contribution >= 4 is 11.8 Å². The number of likely N-dealkylation sites (tertiary alicyclic amines) is 1. The fraction of sp³-hybridized carbons (Fsp3) is 0.778. The summed E-state index contributed by atoms with van der Waals surface area (Å²) in [5.41, 5.74) is 0. The second-order valence-corrected chi connectivity index (χ2v) is 3.85. The molecular formula is C9H14N2O3. The summed E-state index contributed by atoms with van der Waals surface area (Å²) in [5.74, 6) is -0.418. The molecule has 0 bridgehead atoms. The zero-order chi connectivity index (χ0) is 10.1. The van der Waals surface area contributed by atoms with Crippen LogP contribution in [0, 0.1) is 0 Å². The lowest BCUT2D eigenvalue weighted by Crippen LogP contribution is -2.44. The van der Waals surface area contributed by atoms with Crippen LogP contribution in [-0.4, -0.2) is 47.1 Å². The molecule has 2 atom stereocenters. The summed E-state index contributed by atoms with van der Waals surface area (Å²) < 4.78 is 0. The van der Waals surface area contributed by atoms with E-state index in [2.05, 4.69) is 5.32 Å². The first-order chi connectivity index (χ1) is 6.72. The Morgan fingerprint density at radius 2 is 2.29 bits per heavy atom. The molecule has 0 radical (unpaired) electrons. The molecule has 14 heavy (non-hydrogen) atoms. The van der Waals surface area contributed by atoms with E-state index in [0.717, 1.165) is 19.4 Å². The summed E-state index contributed by atoms with van der Waals surface area (Å²) in [6.07, 6.45) is 2.15. The molecular weight excluding hydrogens is 184 g/mol. The Morgan fingerprint density at radius 3 is 2.86 bits per heavy atom. The first-order valence-corrected chi connectivity index (χ1v) is 4.92. The highest BCUT2D eigenvalue weighted by Crippen LogP contribution is 2.23. The van der Waals surface area contributed by atoms with Crippen LogP contribution in [0.5, 0.6) is 0 Å². The van der Waals surface area contributed by atoms with Crippen LogP contribution < -0.4 is 5.32 Å². The minimum Gasteiger partial charge on any atom is -0.395 e. The SMILES string of the molecule is O=C1CC(N2CCCC2CO)C(=O)N1. The second-order valence-electron chi connectivity index (χ2n) is 3.85. The van der Waals surface area contributed by atoms with Gasteiger partial charge in [0.05, 0.1) is 19.1 Å². The number of carbonyl (C=O) groups is 2. The number of nitrogens with zero attached hydrogens (tertiary/aromatic N) is 1. The summed E-state index contributed by atoms with van der Waals surface area (Å²) in [4.78, 5) is 24.3. The Kier molecular flexibility index (Phi) is 2.52. The summed E-state index contributed by atoms with van der Waals surface area (Å²) in [7, 11) is 0. The third-order valence-corrected chi connectivity index (χ3v) is 2.98. The van der Waals surface area contributed by atoms with Crippen LogP contribution in [0.3, 0.4) is 0 Å². The molecule has 0 aromatic rings. The molecule has 78 valence electrons. The largest absolute Gasteiger partial charge is 0.395 e. The van der Waals surface area contributed by atoms with Gasteiger partial charge in [-0.15, -0.1) is 0 Å². The van der Waals surface area contributed by atoms with Gasteiger partial charge in [0.25, 0.3) is 0 Å². The van der Waals surface area contributed by atoms with E-state index < -0.39 is 0 Å². The van der Waals surface area contributed by atoms with Gasteiger partial charge >= 0.3 is 0 Å². The highest BCUT2D eigenvalue weighted by atomic mass is 16.3. The highest BCUT2D eigenvalue weighted by molar-refractivity contribution is 6.05. The summed E-state index contributed by atoms with van der Waals surface area (Å²) in [6.45, 7) is 0.870. The third kappa shape index (κ3) is 1.53. The molecule has 0 aromatic carbocycles. The van der Waals surface area contributed by atoms with E-state index >= 15 is 0 Å². The van der Waals surface area contributed by atoms with Crippen LogP contribution in [0.15, 0.2) is 0 Å². The number of amides is 2. The van der Waals surface area contributed by atoms with Gasteiger partial charge in [-0.1, -0.05) is 0 Å². The predicted molar refractivity (Wildman–Crippen MR) is 48.4 cm³/mol. The Balaban J connectivity index is 2.07. The smallest absolute Gasteiger partial charge is 0.244 e. The van der Waals surface area contributed by atoms with Crippen molar-refractivity contribution in [2.45, 2.75) is 31.3 Å². The molecule has 2 N–H and O–H groups in total. The zero-order valence-electron chi connectivity index (χ0n) is 7.90. The predicted octanol–water partition coefficient (Wildman–Crippen LogP) is -1.14. The molecule has 2 rings (SSSR count). The number of nitrogens with one attached hydrogen (secondary N) is 1. The number of hydrogen-bond acceptors (Lipinski definition) is 4. The monoisotopic (exact) mass is 198 g/mol. The summed E-state index contributed by atoms with van der Waals surface area (Å²) in [6, 6.07) is -0.293. The van der Waals surface area contributed by atoms with Crippen molar-refractivity contribution in [1.29, 1.82) is 0 Å². The molecule has 2 heterocycles. The van der Waals surface area contributed by atoms with Crippen molar-refractivity contribution in [2.75, 3.05) is 13.2 Å². The van der Waals surface area contributed by atoms with Crippen molar-refractivity contribution in [3.8, 4) is 0 Å². The average molecular weight is 198 g/mol. The first kappa shape index (κ1) is 9.61. The Bertz CT molecular complexity index is 267. The van der Waals surface area contributed by atoms with Gasteiger partial charge < -0.3 is 5.11 Å². The van der Waals surface area contributed by atoms with Gasteiger partial charge in [-0.2, -0.15) is 0 Å². The Morgan fingerprint density at radius 1 is 1.50 bits per heavy atom. The van der Waals surface area contributed by atoms with Crippen LogP contribution in [0.1, 0.15) is 19.3 Å². The van der Waals surface area contributed by atoms with Gasteiger partial charge in [-0.05, 0) is 19.4 Å². The maximum atomic E-state index is 11.4. The van der Waals surface area contributed by atoms with Crippen LogP contribution in [-0.2, 0) is 9.59 Å². The van der Waals surface area contributed by atoms with Crippen molar-refractivity contribution in [3.05, 3.63) is 0 Å². The van der Waals surface area contributed by atoms with E-state index in [4.69, 9.17) is 5.11 Å². The van der Waals surface area contributed by atoms with Crippen LogP contribution in [0.25, 0.3) is 0 Å². The Hall–Kier alpha value is -0.940. The van der Waals surface area contributed by atoms with Gasteiger partial charge in [0.2, 0.25) is 11.8 Å². The zero-order valence-corrected chi connectivity index (χ0v) is 7.90. The lowest BCUT2D eigenvalue weighted by Gasteiger charge is -2.26. The van der Waals surface area contributed by atoms with Crippen LogP contribution >= 0.6 is 0 Å². The maximum Gasteiger partial charge on any atom is 0.244 e. The van der Waals surface area contributed by atoms with E-state index in [-0.39, 0.29) is 36.9 Å². The highest BCUT2D eigenvalue weighted by Gasteiger charge is 2.40. The molecule has 2 saturated heterocycles. The van der Waals surface area contributed by atoms with Crippen LogP contribution in [0.2, 0.25) is 0 Å². The normalized spacial score (nSPS) is 33.8. The first-order valence-electron chi connectivity index (χ1n) is 4.92. The molecule has 5 nitrogen and oxygen atoms in total. The topological polar surface area (TPSA) is 69.6 Å². The minimum absolute atomic E-state index is 0.0525. The van der Waals surface area contributed by atoms with E-state index in [1.807, 2.05) is 4.90 Å². The standard InChI is InChI=1S/C9H14N2O3/c12-5-6-2-1-3-11(6)7-4-8(13)10-9(7)14/h6-7,12H,1-5H2,(H,10,13,14). The molecule has 5 heteroatoms. The fourth-order valence-corrected chi connectivity index (χ4v) is 2.27. The van der Waals surface area contributed by atoms with Crippen molar-refractivity contribution in [2.24, 2.45) is 0 Å². The van der Waals surface area contributed by atoms with E-state index in [0.29, 0.717) is 0 Å². The molecule has 2 aliphatic rings. The van der Waals surface area contributed by atoms with Crippen molar-refractivity contribution in [3.63, 3.8) is 0 Å². The maximum absolute atomic E-state index is 11.4. The van der Waals surface area contributed by atoms with E-state index in [9.17, 15) is 9.59 Å². The summed E-state index contributed by atoms with van der Waals surface area (Å²) in [5, 5.41) is 11.4. The van der Waals surface area contributed by atoms with Gasteiger partial charge in [-0.3, -0.25) is 19.8 Å². The van der Waals surface area contributed by atoms with E-state index in [1.54, 1.807) is 0 Å². The average Bonchev–Trinajstić information content (AvgIpc) is 2.71. The molecule has 0 aliphatic carbocycles.